The molecule has 0 saturated carbocycles. The van der Waals surface area contributed by atoms with Crippen LogP contribution in [0.15, 0.2) is 12.4 Å². The fraction of sp³-hybridized carbons (Fsp3) is 0.786. The highest BCUT2D eigenvalue weighted by Gasteiger charge is 2.43. The summed E-state index contributed by atoms with van der Waals surface area (Å²) < 4.78 is 1.93. The van der Waals surface area contributed by atoms with Gasteiger partial charge in [-0.15, -0.1) is 0 Å². The molecule has 1 unspecified atom stereocenters. The highest BCUT2D eigenvalue weighted by Crippen LogP contribution is 2.38. The third-order valence-corrected chi connectivity index (χ3v) is 4.57. The van der Waals surface area contributed by atoms with Crippen molar-refractivity contribution >= 4 is 0 Å². The van der Waals surface area contributed by atoms with Gasteiger partial charge in [0.05, 0.1) is 5.54 Å². The lowest BCUT2D eigenvalue weighted by molar-refractivity contribution is -0.0353. The van der Waals surface area contributed by atoms with Crippen LogP contribution in [0.25, 0.3) is 0 Å². The molecule has 0 bridgehead atoms. The van der Waals surface area contributed by atoms with Crippen LogP contribution in [0.5, 0.6) is 0 Å². The first-order valence-corrected chi connectivity index (χ1v) is 7.06. The number of hydrogen-bond acceptors (Lipinski definition) is 3. The summed E-state index contributed by atoms with van der Waals surface area (Å²) in [5.74, 6) is 0.783. The Morgan fingerprint density at radius 3 is 2.39 bits per heavy atom. The summed E-state index contributed by atoms with van der Waals surface area (Å²) in [6.07, 6.45) is 7.56. The highest BCUT2D eigenvalue weighted by molar-refractivity contribution is 5.07. The monoisotopic (exact) mass is 251 g/mol. The van der Waals surface area contributed by atoms with Crippen molar-refractivity contribution in [2.75, 3.05) is 13.1 Å². The number of aryl methyl sites for hydroxylation is 1. The van der Waals surface area contributed by atoms with Crippen molar-refractivity contribution in [3.05, 3.63) is 18.2 Å². The van der Waals surface area contributed by atoms with Crippen molar-refractivity contribution < 1.29 is 5.11 Å². The summed E-state index contributed by atoms with van der Waals surface area (Å²) >= 11 is 0. The van der Waals surface area contributed by atoms with E-state index in [1.807, 2.05) is 17.8 Å². The van der Waals surface area contributed by atoms with Crippen molar-refractivity contribution in [2.24, 2.45) is 7.05 Å². The number of hydrogen-bond donors (Lipinski definition) is 1. The zero-order valence-electron chi connectivity index (χ0n) is 11.8. The molecule has 102 valence electrons. The van der Waals surface area contributed by atoms with Crippen LogP contribution >= 0.6 is 0 Å². The van der Waals surface area contributed by atoms with Gasteiger partial charge in [0, 0.05) is 19.4 Å². The Bertz CT molecular complexity index is 378. The van der Waals surface area contributed by atoms with Gasteiger partial charge in [0.15, 0.2) is 0 Å². The van der Waals surface area contributed by atoms with Crippen LogP contribution < -0.4 is 0 Å². The molecule has 0 amide bonds. The number of aliphatic hydroxyl groups excluding tert-OH is 1. The third-order valence-electron chi connectivity index (χ3n) is 4.57. The lowest BCUT2D eigenvalue weighted by Gasteiger charge is -2.44. The molecule has 18 heavy (non-hydrogen) atoms. The standard InChI is InChI=1S/C14H25N3O/c1-4-14(5-2,17-9-6-7-10-17)12(18)13-15-8-11-16(13)3/h8,11-12,18H,4-7,9-10H2,1-3H3. The second kappa shape index (κ2) is 5.41. The predicted molar refractivity (Wildman–Crippen MR) is 72.3 cm³/mol. The molecule has 1 aromatic rings. The van der Waals surface area contributed by atoms with Gasteiger partial charge in [-0.3, -0.25) is 4.90 Å². The molecule has 1 aliphatic rings. The average Bonchev–Trinajstić information content (AvgIpc) is 3.02. The molecule has 0 radical (unpaired) electrons. The van der Waals surface area contributed by atoms with Crippen molar-refractivity contribution in [3.63, 3.8) is 0 Å². The molecular formula is C14H25N3O. The van der Waals surface area contributed by atoms with Gasteiger partial charge in [0.25, 0.3) is 0 Å². The number of aromatic nitrogens is 2. The van der Waals surface area contributed by atoms with Crippen LogP contribution in [0.2, 0.25) is 0 Å². The van der Waals surface area contributed by atoms with Crippen LogP contribution in [-0.2, 0) is 7.05 Å². The van der Waals surface area contributed by atoms with Gasteiger partial charge < -0.3 is 9.67 Å². The molecule has 1 aromatic heterocycles. The number of rotatable bonds is 5. The quantitative estimate of drug-likeness (QED) is 0.871. The van der Waals surface area contributed by atoms with Crippen molar-refractivity contribution in [1.82, 2.24) is 14.5 Å². The third kappa shape index (κ3) is 2.08. The van der Waals surface area contributed by atoms with Gasteiger partial charge in [-0.05, 0) is 38.8 Å². The summed E-state index contributed by atoms with van der Waals surface area (Å²) in [5, 5.41) is 10.8. The number of nitrogens with zero attached hydrogens (tertiary/aromatic N) is 3. The Morgan fingerprint density at radius 1 is 1.33 bits per heavy atom. The molecule has 2 heterocycles. The van der Waals surface area contributed by atoms with E-state index in [0.29, 0.717) is 0 Å². The van der Waals surface area contributed by atoms with Crippen molar-refractivity contribution in [3.8, 4) is 0 Å². The van der Waals surface area contributed by atoms with E-state index in [1.54, 1.807) is 6.20 Å². The highest BCUT2D eigenvalue weighted by atomic mass is 16.3. The topological polar surface area (TPSA) is 41.3 Å². The van der Waals surface area contributed by atoms with E-state index in [1.165, 1.54) is 12.8 Å². The second-order valence-corrected chi connectivity index (χ2v) is 5.30. The minimum Gasteiger partial charge on any atom is -0.383 e. The largest absolute Gasteiger partial charge is 0.383 e. The molecule has 0 aromatic carbocycles. The number of imidazole rings is 1. The van der Waals surface area contributed by atoms with Crippen LogP contribution in [0.3, 0.4) is 0 Å². The summed E-state index contributed by atoms with van der Waals surface area (Å²) in [6, 6.07) is 0. The first-order chi connectivity index (χ1) is 8.65. The Balaban J connectivity index is 2.31. The molecule has 1 N–H and O–H groups in total. The van der Waals surface area contributed by atoms with Gasteiger partial charge >= 0.3 is 0 Å². The van der Waals surface area contributed by atoms with Crippen LogP contribution in [-0.4, -0.2) is 38.2 Å². The maximum atomic E-state index is 10.8. The van der Waals surface area contributed by atoms with Gasteiger partial charge in [0.1, 0.15) is 11.9 Å². The number of likely N-dealkylation sites (tertiary alicyclic amines) is 1. The molecule has 0 spiro atoms. The Kier molecular flexibility index (Phi) is 4.07. The molecule has 2 rings (SSSR count). The normalized spacial score (nSPS) is 19.3. The van der Waals surface area contributed by atoms with Gasteiger partial charge in [-0.1, -0.05) is 13.8 Å². The maximum Gasteiger partial charge on any atom is 0.139 e. The fourth-order valence-corrected chi connectivity index (χ4v) is 3.30. The smallest absolute Gasteiger partial charge is 0.139 e. The van der Waals surface area contributed by atoms with E-state index < -0.39 is 6.10 Å². The van der Waals surface area contributed by atoms with Gasteiger partial charge in [0.2, 0.25) is 0 Å². The van der Waals surface area contributed by atoms with E-state index >= 15 is 0 Å². The molecule has 1 saturated heterocycles. The van der Waals surface area contributed by atoms with E-state index in [4.69, 9.17) is 0 Å². The lowest BCUT2D eigenvalue weighted by Crippen LogP contribution is -2.51. The first kappa shape index (κ1) is 13.6. The molecule has 1 atom stereocenters. The molecule has 1 fully saturated rings. The predicted octanol–water partition coefficient (Wildman–Crippen LogP) is 2.11. The Labute approximate surface area is 110 Å². The fourth-order valence-electron chi connectivity index (χ4n) is 3.30. The molecule has 0 aliphatic carbocycles. The molecule has 4 heteroatoms. The summed E-state index contributed by atoms with van der Waals surface area (Å²) in [6.45, 7) is 6.55. The van der Waals surface area contributed by atoms with Crippen LogP contribution in [0, 0.1) is 0 Å². The van der Waals surface area contributed by atoms with E-state index in [2.05, 4.69) is 23.7 Å². The van der Waals surface area contributed by atoms with E-state index in [9.17, 15) is 5.11 Å². The van der Waals surface area contributed by atoms with Crippen LogP contribution in [0.1, 0.15) is 51.5 Å². The van der Waals surface area contributed by atoms with Crippen molar-refractivity contribution in [2.45, 2.75) is 51.2 Å². The van der Waals surface area contributed by atoms with Gasteiger partial charge in [-0.25, -0.2) is 4.98 Å². The molecule has 1 aliphatic heterocycles. The van der Waals surface area contributed by atoms with Gasteiger partial charge in [-0.2, -0.15) is 0 Å². The number of aliphatic hydroxyl groups is 1. The lowest BCUT2D eigenvalue weighted by atomic mass is 9.84. The summed E-state index contributed by atoms with van der Waals surface area (Å²) in [5.41, 5.74) is -0.157. The zero-order chi connectivity index (χ0) is 13.2. The molecule has 4 nitrogen and oxygen atoms in total. The second-order valence-electron chi connectivity index (χ2n) is 5.30. The van der Waals surface area contributed by atoms with Crippen molar-refractivity contribution in [1.29, 1.82) is 0 Å². The Hall–Kier alpha value is -0.870. The van der Waals surface area contributed by atoms with E-state index in [0.717, 1.165) is 31.8 Å². The minimum atomic E-state index is -0.509. The average molecular weight is 251 g/mol. The van der Waals surface area contributed by atoms with E-state index in [-0.39, 0.29) is 5.54 Å². The summed E-state index contributed by atoms with van der Waals surface area (Å²) in [7, 11) is 1.95. The Morgan fingerprint density at radius 2 is 1.94 bits per heavy atom. The summed E-state index contributed by atoms with van der Waals surface area (Å²) in [4.78, 5) is 6.80. The van der Waals surface area contributed by atoms with Crippen LogP contribution in [0.4, 0.5) is 0 Å². The SMILES string of the molecule is CCC(CC)(C(O)c1nccn1C)N1CCCC1. The minimum absolute atomic E-state index is 0.157. The zero-order valence-corrected chi connectivity index (χ0v) is 11.8. The maximum absolute atomic E-state index is 10.8. The first-order valence-electron chi connectivity index (χ1n) is 7.06. The molecular weight excluding hydrogens is 226 g/mol.